The third-order valence-corrected chi connectivity index (χ3v) is 5.16. The molecule has 1 amide bonds. The highest BCUT2D eigenvalue weighted by Crippen LogP contribution is 2.36. The molecule has 0 spiro atoms. The van der Waals surface area contributed by atoms with E-state index in [4.69, 9.17) is 16.0 Å². The Morgan fingerprint density at radius 1 is 1.40 bits per heavy atom. The summed E-state index contributed by atoms with van der Waals surface area (Å²) in [6.45, 7) is 0.588. The molecule has 3 aromatic rings. The topological polar surface area (TPSA) is 82.1 Å². The number of hydrogen-bond acceptors (Lipinski definition) is 5. The Morgan fingerprint density at radius 3 is 2.88 bits per heavy atom. The standard InChI is InChI=1S/C16H15ClN4O3S/c17-13-6-5-12(25-13)15(22)18-7-8-20-16(23)21(10-3-4-10)14(19-20)11-2-1-9-24-11/h1-2,5-6,9-10H,3-4,7-8H2,(H,18,22). The Morgan fingerprint density at radius 2 is 2.24 bits per heavy atom. The molecule has 9 heteroatoms. The quantitative estimate of drug-likeness (QED) is 0.715. The first kappa shape index (κ1) is 16.2. The zero-order valence-corrected chi connectivity index (χ0v) is 14.7. The second kappa shape index (κ2) is 6.53. The Hall–Kier alpha value is -2.32. The summed E-state index contributed by atoms with van der Waals surface area (Å²) in [5, 5.41) is 7.17. The van der Waals surface area contributed by atoms with E-state index < -0.39 is 0 Å². The van der Waals surface area contributed by atoms with Crippen LogP contribution in [0.25, 0.3) is 11.6 Å². The van der Waals surface area contributed by atoms with E-state index in [0.717, 1.165) is 12.8 Å². The van der Waals surface area contributed by atoms with Crippen LogP contribution in [0.3, 0.4) is 0 Å². The molecular weight excluding hydrogens is 364 g/mol. The highest BCUT2D eigenvalue weighted by Gasteiger charge is 2.31. The Labute approximate surface area is 151 Å². The molecule has 0 unspecified atom stereocenters. The van der Waals surface area contributed by atoms with Crippen LogP contribution in [0.15, 0.2) is 39.7 Å². The van der Waals surface area contributed by atoms with Crippen LogP contribution in [0.5, 0.6) is 0 Å². The molecule has 25 heavy (non-hydrogen) atoms. The van der Waals surface area contributed by atoms with Crippen molar-refractivity contribution in [2.24, 2.45) is 0 Å². The maximum atomic E-state index is 12.6. The van der Waals surface area contributed by atoms with Gasteiger partial charge in [-0.2, -0.15) is 0 Å². The minimum absolute atomic E-state index is 0.178. The molecule has 4 rings (SSSR count). The van der Waals surface area contributed by atoms with Gasteiger partial charge in [-0.25, -0.2) is 9.48 Å². The number of carbonyl (C=O) groups is 1. The van der Waals surface area contributed by atoms with Gasteiger partial charge in [0.25, 0.3) is 5.91 Å². The number of hydrogen-bond donors (Lipinski definition) is 1. The first-order valence-corrected chi connectivity index (χ1v) is 9.09. The lowest BCUT2D eigenvalue weighted by atomic mass is 10.4. The molecule has 0 aromatic carbocycles. The number of carbonyl (C=O) groups excluding carboxylic acids is 1. The maximum Gasteiger partial charge on any atom is 0.346 e. The van der Waals surface area contributed by atoms with Crippen LogP contribution in [-0.4, -0.2) is 26.8 Å². The zero-order valence-electron chi connectivity index (χ0n) is 13.1. The van der Waals surface area contributed by atoms with Crippen molar-refractivity contribution in [1.82, 2.24) is 19.7 Å². The van der Waals surface area contributed by atoms with Crippen LogP contribution in [0.1, 0.15) is 28.6 Å². The molecule has 1 fully saturated rings. The lowest BCUT2D eigenvalue weighted by Crippen LogP contribution is -2.31. The monoisotopic (exact) mass is 378 g/mol. The molecule has 3 aromatic heterocycles. The van der Waals surface area contributed by atoms with Crippen molar-refractivity contribution in [2.75, 3.05) is 6.54 Å². The van der Waals surface area contributed by atoms with E-state index in [1.54, 1.807) is 35.1 Å². The van der Waals surface area contributed by atoms with Crippen molar-refractivity contribution in [1.29, 1.82) is 0 Å². The fourth-order valence-corrected chi connectivity index (χ4v) is 3.56. The van der Waals surface area contributed by atoms with E-state index in [1.165, 1.54) is 16.0 Å². The van der Waals surface area contributed by atoms with E-state index >= 15 is 0 Å². The maximum absolute atomic E-state index is 12.6. The Kier molecular flexibility index (Phi) is 4.22. The van der Waals surface area contributed by atoms with Gasteiger partial charge in [-0.05, 0) is 37.1 Å². The van der Waals surface area contributed by atoms with Crippen LogP contribution < -0.4 is 11.0 Å². The first-order chi connectivity index (χ1) is 12.1. The normalized spacial score (nSPS) is 14.0. The second-order valence-corrected chi connectivity index (χ2v) is 7.48. The lowest BCUT2D eigenvalue weighted by Gasteiger charge is -2.02. The minimum atomic E-state index is -0.210. The van der Waals surface area contributed by atoms with E-state index in [9.17, 15) is 9.59 Å². The third-order valence-electron chi connectivity index (χ3n) is 3.93. The summed E-state index contributed by atoms with van der Waals surface area (Å²) in [5.74, 6) is 0.895. The minimum Gasteiger partial charge on any atom is -0.461 e. The van der Waals surface area contributed by atoms with Gasteiger partial charge >= 0.3 is 5.69 Å². The molecule has 0 atom stereocenters. The zero-order chi connectivity index (χ0) is 17.4. The van der Waals surface area contributed by atoms with Crippen molar-refractivity contribution in [3.8, 4) is 11.6 Å². The number of amides is 1. The van der Waals surface area contributed by atoms with Crippen LogP contribution in [0, 0.1) is 0 Å². The van der Waals surface area contributed by atoms with Gasteiger partial charge in [0.1, 0.15) is 0 Å². The first-order valence-electron chi connectivity index (χ1n) is 7.90. The van der Waals surface area contributed by atoms with Crippen LogP contribution in [-0.2, 0) is 6.54 Å². The summed E-state index contributed by atoms with van der Waals surface area (Å²) < 4.78 is 9.01. The summed E-state index contributed by atoms with van der Waals surface area (Å²) >= 11 is 7.05. The summed E-state index contributed by atoms with van der Waals surface area (Å²) in [4.78, 5) is 25.2. The molecule has 0 aliphatic heterocycles. The van der Waals surface area contributed by atoms with Crippen LogP contribution in [0.4, 0.5) is 0 Å². The summed E-state index contributed by atoms with van der Waals surface area (Å²) in [6.07, 6.45) is 3.49. The highest BCUT2D eigenvalue weighted by molar-refractivity contribution is 7.17. The average molecular weight is 379 g/mol. The van der Waals surface area contributed by atoms with Gasteiger partial charge in [0.15, 0.2) is 5.76 Å². The number of nitrogens with one attached hydrogen (secondary N) is 1. The number of halogens is 1. The van der Waals surface area contributed by atoms with Gasteiger partial charge < -0.3 is 9.73 Å². The Balaban J connectivity index is 1.48. The molecule has 0 radical (unpaired) electrons. The second-order valence-electron chi connectivity index (χ2n) is 5.77. The molecule has 7 nitrogen and oxygen atoms in total. The van der Waals surface area contributed by atoms with Crippen molar-refractivity contribution in [3.05, 3.63) is 50.2 Å². The largest absolute Gasteiger partial charge is 0.461 e. The smallest absolute Gasteiger partial charge is 0.346 e. The lowest BCUT2D eigenvalue weighted by molar-refractivity contribution is 0.0956. The molecule has 0 bridgehead atoms. The van der Waals surface area contributed by atoms with E-state index in [1.807, 2.05) is 0 Å². The third kappa shape index (κ3) is 3.27. The van der Waals surface area contributed by atoms with Crippen LogP contribution in [0.2, 0.25) is 4.34 Å². The predicted octanol–water partition coefficient (Wildman–Crippen LogP) is 2.78. The fraction of sp³-hybridized carbons (Fsp3) is 0.312. The van der Waals surface area contributed by atoms with E-state index in [0.29, 0.717) is 27.3 Å². The molecule has 0 saturated heterocycles. The van der Waals surface area contributed by atoms with Gasteiger partial charge in [-0.3, -0.25) is 9.36 Å². The van der Waals surface area contributed by atoms with Crippen molar-refractivity contribution in [2.45, 2.75) is 25.4 Å². The molecule has 1 aliphatic carbocycles. The van der Waals surface area contributed by atoms with Gasteiger partial charge in [0.2, 0.25) is 5.82 Å². The fourth-order valence-electron chi connectivity index (χ4n) is 2.60. The van der Waals surface area contributed by atoms with Gasteiger partial charge in [0.05, 0.1) is 22.0 Å². The predicted molar refractivity (Wildman–Crippen MR) is 94.1 cm³/mol. The van der Waals surface area contributed by atoms with Gasteiger partial charge in [0, 0.05) is 12.6 Å². The molecule has 130 valence electrons. The summed E-state index contributed by atoms with van der Waals surface area (Å²) in [7, 11) is 0. The van der Waals surface area contributed by atoms with Crippen molar-refractivity contribution in [3.63, 3.8) is 0 Å². The molecule has 1 aliphatic rings. The number of rotatable bonds is 6. The van der Waals surface area contributed by atoms with E-state index in [2.05, 4.69) is 10.4 Å². The Bertz CT molecular complexity index is 953. The number of furan rings is 1. The number of nitrogens with zero attached hydrogens (tertiary/aromatic N) is 3. The van der Waals surface area contributed by atoms with Gasteiger partial charge in [-0.15, -0.1) is 16.4 Å². The molecular formula is C16H15ClN4O3S. The molecule has 1 saturated carbocycles. The molecule has 3 heterocycles. The average Bonchev–Trinajstić information content (AvgIpc) is 3.00. The summed E-state index contributed by atoms with van der Waals surface area (Å²) in [5.41, 5.74) is -0.178. The summed E-state index contributed by atoms with van der Waals surface area (Å²) in [6, 6.07) is 7.09. The van der Waals surface area contributed by atoms with Gasteiger partial charge in [-0.1, -0.05) is 11.6 Å². The highest BCUT2D eigenvalue weighted by atomic mass is 35.5. The number of thiophene rings is 1. The SMILES string of the molecule is O=C(NCCn1nc(-c2ccco2)n(C2CC2)c1=O)c1ccc(Cl)s1. The van der Waals surface area contributed by atoms with Crippen LogP contribution >= 0.6 is 22.9 Å². The van der Waals surface area contributed by atoms with Crippen molar-refractivity contribution < 1.29 is 9.21 Å². The van der Waals surface area contributed by atoms with E-state index in [-0.39, 0.29) is 24.2 Å². The van der Waals surface area contributed by atoms with Crippen molar-refractivity contribution >= 4 is 28.8 Å². The number of aromatic nitrogens is 3. The molecule has 1 N–H and O–H groups in total.